The molecular formula is C46H69NO6. The normalized spacial score (nSPS) is 15.2. The molecule has 7 nitrogen and oxygen atoms in total. The van der Waals surface area contributed by atoms with Crippen molar-refractivity contribution in [3.63, 3.8) is 0 Å². The lowest BCUT2D eigenvalue weighted by Gasteiger charge is -2.37. The van der Waals surface area contributed by atoms with Crippen molar-refractivity contribution < 1.29 is 29.2 Å². The Labute approximate surface area is 321 Å². The number of aliphatic hydroxyl groups is 1. The highest BCUT2D eigenvalue weighted by atomic mass is 16.5. The first-order chi connectivity index (χ1) is 25.1. The van der Waals surface area contributed by atoms with Crippen LogP contribution in [0.2, 0.25) is 0 Å². The number of hydrogen-bond donors (Lipinski definition) is 2. The van der Waals surface area contributed by atoms with E-state index in [9.17, 15) is 10.2 Å². The lowest BCUT2D eigenvalue weighted by molar-refractivity contribution is 0.0101. The van der Waals surface area contributed by atoms with Crippen LogP contribution in [0.15, 0.2) is 65.7 Å². The second-order valence-electron chi connectivity index (χ2n) is 16.3. The molecule has 3 unspecified atom stereocenters. The van der Waals surface area contributed by atoms with E-state index in [1.54, 1.807) is 24.4 Å². The van der Waals surface area contributed by atoms with Crippen molar-refractivity contribution in [2.75, 3.05) is 26.4 Å². The van der Waals surface area contributed by atoms with Crippen LogP contribution in [0.1, 0.15) is 143 Å². The van der Waals surface area contributed by atoms with E-state index in [-0.39, 0.29) is 28.8 Å². The zero-order chi connectivity index (χ0) is 39.2. The third-order valence-corrected chi connectivity index (χ3v) is 9.95. The van der Waals surface area contributed by atoms with Gasteiger partial charge in [0.05, 0.1) is 18.2 Å². The van der Waals surface area contributed by atoms with Gasteiger partial charge in [-0.05, 0) is 91.0 Å². The van der Waals surface area contributed by atoms with Crippen LogP contribution in [0.5, 0.6) is 17.2 Å². The third kappa shape index (κ3) is 12.3. The van der Waals surface area contributed by atoms with Gasteiger partial charge in [0, 0.05) is 36.1 Å². The third-order valence-electron chi connectivity index (χ3n) is 9.95. The summed E-state index contributed by atoms with van der Waals surface area (Å²) in [7, 11) is 0. The monoisotopic (exact) mass is 732 g/mol. The van der Waals surface area contributed by atoms with Gasteiger partial charge in [-0.15, -0.1) is 0 Å². The van der Waals surface area contributed by atoms with Crippen molar-refractivity contribution in [2.45, 2.75) is 149 Å². The summed E-state index contributed by atoms with van der Waals surface area (Å²) in [6, 6.07) is 18.6. The van der Waals surface area contributed by atoms with Gasteiger partial charge in [-0.25, -0.2) is 0 Å². The molecule has 0 bridgehead atoms. The summed E-state index contributed by atoms with van der Waals surface area (Å²) in [6.07, 6.45) is 7.15. The minimum atomic E-state index is -1.73. The number of aliphatic imine (C=N–C) groups is 1. The Balaban J connectivity index is 2.32. The molecule has 0 radical (unpaired) electrons. The van der Waals surface area contributed by atoms with Crippen LogP contribution >= 0.6 is 0 Å². The topological polar surface area (TPSA) is 89.7 Å². The summed E-state index contributed by atoms with van der Waals surface area (Å²) in [5.74, 6) is 1.24. The van der Waals surface area contributed by atoms with E-state index in [2.05, 4.69) is 93.5 Å². The van der Waals surface area contributed by atoms with Gasteiger partial charge in [-0.1, -0.05) is 106 Å². The fourth-order valence-corrected chi connectivity index (χ4v) is 6.05. The number of phenols is 1. The minimum absolute atomic E-state index is 0.0944. The summed E-state index contributed by atoms with van der Waals surface area (Å²) < 4.78 is 25.7. The molecule has 0 aromatic heterocycles. The molecule has 0 fully saturated rings. The molecule has 0 saturated carbocycles. The van der Waals surface area contributed by atoms with Gasteiger partial charge in [-0.2, -0.15) is 0 Å². The molecule has 294 valence electrons. The molecule has 0 aliphatic carbocycles. The molecule has 0 aliphatic rings. The van der Waals surface area contributed by atoms with E-state index < -0.39 is 11.6 Å². The van der Waals surface area contributed by atoms with Gasteiger partial charge in [0.1, 0.15) is 36.1 Å². The van der Waals surface area contributed by atoms with Gasteiger partial charge in [0.25, 0.3) is 0 Å². The fraction of sp³-hybridized carbons (Fsp3) is 0.587. The van der Waals surface area contributed by atoms with Crippen molar-refractivity contribution in [3.05, 3.63) is 88.5 Å². The molecule has 0 aliphatic heterocycles. The number of unbranched alkanes of at least 4 members (excludes halogenated alkanes) is 2. The smallest absolute Gasteiger partial charge is 0.144 e. The number of nitrogens with zero attached hydrogens (tertiary/aromatic N) is 1. The molecule has 53 heavy (non-hydrogen) atoms. The molecule has 3 atom stereocenters. The summed E-state index contributed by atoms with van der Waals surface area (Å²) in [5.41, 5.74) is 1.67. The van der Waals surface area contributed by atoms with Crippen LogP contribution in [0, 0.1) is 0 Å². The van der Waals surface area contributed by atoms with Crippen LogP contribution in [0.4, 0.5) is 0 Å². The Morgan fingerprint density at radius 1 is 0.679 bits per heavy atom. The van der Waals surface area contributed by atoms with Crippen molar-refractivity contribution in [2.24, 2.45) is 4.99 Å². The lowest BCUT2D eigenvalue weighted by atomic mass is 9.75. The molecule has 0 heterocycles. The SMILES string of the molecule is CCCCOC(CC)COc1ccc(C(C)(C)C)cc1C(O)(c1cc(C(C)(C)C)ccc1OCC(CC)OCCCC)C(C)N=Cc1ccccc1O. The number of para-hydroxylation sites is 1. The summed E-state index contributed by atoms with van der Waals surface area (Å²) in [5, 5.41) is 24.3. The predicted octanol–water partition coefficient (Wildman–Crippen LogP) is 10.7. The minimum Gasteiger partial charge on any atom is -0.507 e. The van der Waals surface area contributed by atoms with Gasteiger partial charge < -0.3 is 29.2 Å². The number of phenolic OH excluding ortho intramolecular Hbond substituents is 1. The van der Waals surface area contributed by atoms with Crippen LogP contribution in [-0.2, 0) is 25.9 Å². The van der Waals surface area contributed by atoms with Gasteiger partial charge >= 0.3 is 0 Å². The van der Waals surface area contributed by atoms with Crippen LogP contribution < -0.4 is 9.47 Å². The first-order valence-corrected chi connectivity index (χ1v) is 19.9. The molecule has 3 rings (SSSR count). The quantitative estimate of drug-likeness (QED) is 0.0837. The molecule has 0 saturated heterocycles. The number of aromatic hydroxyl groups is 1. The molecule has 7 heteroatoms. The van der Waals surface area contributed by atoms with Crippen molar-refractivity contribution in [3.8, 4) is 17.2 Å². The summed E-state index contributed by atoms with van der Waals surface area (Å²) in [6.45, 7) is 25.4. The number of ether oxygens (including phenoxy) is 4. The number of benzene rings is 3. The lowest BCUT2D eigenvalue weighted by Crippen LogP contribution is -2.40. The second-order valence-corrected chi connectivity index (χ2v) is 16.3. The van der Waals surface area contributed by atoms with E-state index in [1.165, 1.54) is 0 Å². The summed E-state index contributed by atoms with van der Waals surface area (Å²) in [4.78, 5) is 4.97. The van der Waals surface area contributed by atoms with E-state index in [4.69, 9.17) is 23.9 Å². The van der Waals surface area contributed by atoms with E-state index in [0.29, 0.717) is 54.6 Å². The van der Waals surface area contributed by atoms with E-state index >= 15 is 0 Å². The predicted molar refractivity (Wildman–Crippen MR) is 219 cm³/mol. The van der Waals surface area contributed by atoms with Gasteiger partial charge in [0.15, 0.2) is 0 Å². The average Bonchev–Trinajstić information content (AvgIpc) is 3.12. The number of hydrogen-bond acceptors (Lipinski definition) is 7. The molecule has 2 N–H and O–H groups in total. The average molecular weight is 732 g/mol. The maximum Gasteiger partial charge on any atom is 0.144 e. The first kappa shape index (κ1) is 44.0. The zero-order valence-corrected chi connectivity index (χ0v) is 34.6. The van der Waals surface area contributed by atoms with Gasteiger partial charge in [-0.3, -0.25) is 4.99 Å². The van der Waals surface area contributed by atoms with Crippen LogP contribution in [0.3, 0.4) is 0 Å². The van der Waals surface area contributed by atoms with Gasteiger partial charge in [0.2, 0.25) is 0 Å². The zero-order valence-electron chi connectivity index (χ0n) is 34.6. The largest absolute Gasteiger partial charge is 0.507 e. The van der Waals surface area contributed by atoms with E-state index in [1.807, 2.05) is 25.1 Å². The molecule has 0 amide bonds. The highest BCUT2D eigenvalue weighted by Crippen LogP contribution is 2.46. The summed E-state index contributed by atoms with van der Waals surface area (Å²) >= 11 is 0. The fourth-order valence-electron chi connectivity index (χ4n) is 6.05. The van der Waals surface area contributed by atoms with Crippen LogP contribution in [0.25, 0.3) is 0 Å². The van der Waals surface area contributed by atoms with Crippen molar-refractivity contribution in [1.82, 2.24) is 0 Å². The van der Waals surface area contributed by atoms with Crippen molar-refractivity contribution in [1.29, 1.82) is 0 Å². The maximum atomic E-state index is 13.7. The Hall–Kier alpha value is -3.39. The van der Waals surface area contributed by atoms with E-state index in [0.717, 1.165) is 49.7 Å². The molecule has 0 spiro atoms. The Morgan fingerprint density at radius 2 is 1.13 bits per heavy atom. The molecular weight excluding hydrogens is 663 g/mol. The molecule has 3 aromatic carbocycles. The Kier molecular flexibility index (Phi) is 16.9. The molecule has 3 aromatic rings. The standard InChI is InChI=1S/C46H69NO6/c1-12-16-26-50-37(14-3)31-52-42-24-22-35(44(6,7)8)28-39(42)46(49,33(5)47-30-34-20-18-19-21-41(34)48)40-29-36(45(9,10)11)23-25-43(40)53-32-38(15-4)51-27-17-13-2/h18-25,28-30,33,37-38,48-49H,12-17,26-27,31-32H2,1-11H3. The second kappa shape index (κ2) is 20.3. The highest BCUT2D eigenvalue weighted by Gasteiger charge is 2.44. The highest BCUT2D eigenvalue weighted by molar-refractivity contribution is 5.83. The first-order valence-electron chi connectivity index (χ1n) is 19.9. The van der Waals surface area contributed by atoms with Crippen molar-refractivity contribution >= 4 is 6.21 Å². The van der Waals surface area contributed by atoms with Crippen LogP contribution in [-0.4, -0.2) is 61.1 Å². The maximum absolute atomic E-state index is 13.7. The Bertz CT molecular complexity index is 1490. The Morgan fingerprint density at radius 3 is 1.53 bits per heavy atom. The number of rotatable bonds is 21.